The van der Waals surface area contributed by atoms with Gasteiger partial charge in [0.2, 0.25) is 5.88 Å². The second-order valence-electron chi connectivity index (χ2n) is 5.30. The number of H-pyrrole nitrogens is 1. The fourth-order valence-electron chi connectivity index (χ4n) is 2.48. The van der Waals surface area contributed by atoms with Crippen LogP contribution in [0.1, 0.15) is 16.8 Å². The van der Waals surface area contributed by atoms with Crippen molar-refractivity contribution in [2.45, 2.75) is 24.8 Å². The molecule has 25 heavy (non-hydrogen) atoms. The Kier molecular flexibility index (Phi) is 6.70. The summed E-state index contributed by atoms with van der Waals surface area (Å²) in [5, 5.41) is 0.367. The molecular weight excluding hydrogens is 351 g/mol. The molecule has 0 aliphatic rings. The summed E-state index contributed by atoms with van der Waals surface area (Å²) in [6.45, 7) is 3.84. The molecule has 0 fully saturated rings. The average Bonchev–Trinajstić information content (AvgIpc) is 3.01. The van der Waals surface area contributed by atoms with Crippen LogP contribution in [0.4, 0.5) is 0 Å². The Labute approximate surface area is 171 Å². The maximum absolute atomic E-state index is 12.7. The first kappa shape index (κ1) is 20.0. The van der Waals surface area contributed by atoms with Gasteiger partial charge in [-0.3, -0.25) is 9.97 Å². The predicted octanol–water partition coefficient (Wildman–Crippen LogP) is 1.65. The van der Waals surface area contributed by atoms with Crippen molar-refractivity contribution in [2.24, 2.45) is 0 Å². The number of pyridine rings is 2. The quantitative estimate of drug-likeness (QED) is 0.542. The Morgan fingerprint density at radius 2 is 1.92 bits per heavy atom. The van der Waals surface area contributed by atoms with Gasteiger partial charge in [0.15, 0.2) is 11.4 Å². The topological polar surface area (TPSA) is 96.0 Å². The molecule has 3 aromatic rings. The van der Waals surface area contributed by atoms with Crippen molar-refractivity contribution in [3.05, 3.63) is 35.2 Å². The Morgan fingerprint density at radius 3 is 2.60 bits per heavy atom. The van der Waals surface area contributed by atoms with Crippen LogP contribution >= 0.6 is 0 Å². The van der Waals surface area contributed by atoms with Gasteiger partial charge in [-0.05, 0) is 19.9 Å². The summed E-state index contributed by atoms with van der Waals surface area (Å²) in [7, 11) is 3.16. The van der Waals surface area contributed by atoms with Crippen LogP contribution in [0.5, 0.6) is 11.6 Å². The van der Waals surface area contributed by atoms with E-state index in [0.29, 0.717) is 22.2 Å². The van der Waals surface area contributed by atoms with Crippen molar-refractivity contribution < 1.29 is 14.0 Å². The number of nitrogens with zero attached hydrogens (tertiary/aromatic N) is 3. The number of aromatic amines is 1. The van der Waals surface area contributed by atoms with Crippen molar-refractivity contribution in [1.29, 1.82) is 0 Å². The molecule has 0 amide bonds. The average molecular weight is 370 g/mol. The number of imidazole rings is 1. The number of hydrogen-bond donors (Lipinski definition) is 1. The first-order chi connectivity index (χ1) is 11.5. The van der Waals surface area contributed by atoms with Crippen LogP contribution in [0.2, 0.25) is 0 Å². The second kappa shape index (κ2) is 8.37. The molecule has 0 saturated carbocycles. The Balaban J connectivity index is 0.00000225. The second-order valence-corrected chi connectivity index (χ2v) is 6.67. The van der Waals surface area contributed by atoms with Gasteiger partial charge in [-0.15, -0.1) is 0 Å². The van der Waals surface area contributed by atoms with Crippen molar-refractivity contribution in [3.63, 3.8) is 0 Å². The molecule has 0 saturated heterocycles. The van der Waals surface area contributed by atoms with Crippen molar-refractivity contribution >= 4 is 51.9 Å². The molecule has 3 aromatic heterocycles. The van der Waals surface area contributed by atoms with E-state index in [1.807, 2.05) is 13.8 Å². The summed E-state index contributed by atoms with van der Waals surface area (Å²) in [4.78, 5) is 15.9. The number of hydrogen-bond acceptors (Lipinski definition) is 6. The molecule has 128 valence electrons. The van der Waals surface area contributed by atoms with Crippen molar-refractivity contribution in [2.75, 3.05) is 14.2 Å². The molecule has 0 aliphatic carbocycles. The molecular formula is C16H19N4NaO3S. The first-order valence-corrected chi connectivity index (χ1v) is 8.63. The van der Waals surface area contributed by atoms with Gasteiger partial charge in [0.05, 0.1) is 25.4 Å². The molecule has 0 radical (unpaired) electrons. The third kappa shape index (κ3) is 4.09. The van der Waals surface area contributed by atoms with Crippen LogP contribution in [0.25, 0.3) is 11.2 Å². The molecule has 0 aliphatic heterocycles. The van der Waals surface area contributed by atoms with Gasteiger partial charge < -0.3 is 14.0 Å². The zero-order valence-corrected chi connectivity index (χ0v) is 14.7. The van der Waals surface area contributed by atoms with E-state index in [4.69, 9.17) is 9.47 Å². The summed E-state index contributed by atoms with van der Waals surface area (Å²) in [5.41, 5.74) is 3.75. The summed E-state index contributed by atoms with van der Waals surface area (Å²) >= 11 is -1.37. The number of methoxy groups -OCH3 is 2. The number of ether oxygens (including phenoxy) is 2. The van der Waals surface area contributed by atoms with Gasteiger partial charge in [-0.25, -0.2) is 0 Å². The molecule has 1 N–H and O–H groups in total. The van der Waals surface area contributed by atoms with Crippen LogP contribution in [0.3, 0.4) is 0 Å². The van der Waals surface area contributed by atoms with E-state index in [9.17, 15) is 4.55 Å². The number of rotatable bonds is 5. The van der Waals surface area contributed by atoms with Gasteiger partial charge in [0.25, 0.3) is 0 Å². The van der Waals surface area contributed by atoms with Crippen LogP contribution < -0.4 is 9.47 Å². The fraction of sp³-hybridized carbons (Fsp3) is 0.312. The SMILES string of the molecule is COc1ccc2[nH]c([S@+]([O-])Cc3ncc(C)c(OC)c3C)nc2n1.[NaH]. The zero-order valence-electron chi connectivity index (χ0n) is 13.9. The van der Waals surface area contributed by atoms with E-state index in [2.05, 4.69) is 19.9 Å². The molecule has 1 atom stereocenters. The molecule has 0 bridgehead atoms. The zero-order chi connectivity index (χ0) is 17.3. The third-order valence-corrected chi connectivity index (χ3v) is 4.90. The monoisotopic (exact) mass is 370 g/mol. The Bertz CT molecular complexity index is 887. The molecule has 3 heterocycles. The predicted molar refractivity (Wildman–Crippen MR) is 98.0 cm³/mol. The van der Waals surface area contributed by atoms with Crippen LogP contribution in [-0.2, 0) is 16.9 Å². The molecule has 0 unspecified atom stereocenters. The number of aryl methyl sites for hydroxylation is 1. The summed E-state index contributed by atoms with van der Waals surface area (Å²) in [5.74, 6) is 1.49. The van der Waals surface area contributed by atoms with Crippen LogP contribution in [0, 0.1) is 13.8 Å². The van der Waals surface area contributed by atoms with Crippen LogP contribution in [0.15, 0.2) is 23.5 Å². The molecule has 0 aromatic carbocycles. The molecule has 3 rings (SSSR count). The number of fused-ring (bicyclic) bond motifs is 1. The normalized spacial score (nSPS) is 11.9. The van der Waals surface area contributed by atoms with E-state index in [1.54, 1.807) is 32.5 Å². The molecule has 0 spiro atoms. The van der Waals surface area contributed by atoms with Crippen molar-refractivity contribution in [1.82, 2.24) is 19.9 Å². The molecule has 7 nitrogen and oxygen atoms in total. The maximum atomic E-state index is 12.7. The fourth-order valence-corrected chi connectivity index (χ4v) is 3.57. The number of nitrogens with one attached hydrogen (secondary N) is 1. The minimum absolute atomic E-state index is 0. The Hall–Kier alpha value is -1.32. The standard InChI is InChI=1S/C16H18N4O3S.Na.H/c1-9-7-17-12(10(2)14(9)23-4)8-24(21)16-18-11-5-6-13(22-3)19-15(11)20-16;;/h5-7H,8H2,1-4H3,(H,18,19,20);;/t24-;;/m1../s1. The van der Waals surface area contributed by atoms with Gasteiger partial charge in [0.1, 0.15) is 5.75 Å². The summed E-state index contributed by atoms with van der Waals surface area (Å²) in [6.07, 6.45) is 1.73. The van der Waals surface area contributed by atoms with Crippen molar-refractivity contribution in [3.8, 4) is 11.6 Å². The molecule has 9 heteroatoms. The summed E-state index contributed by atoms with van der Waals surface area (Å²) in [6, 6.07) is 3.52. The van der Waals surface area contributed by atoms with Gasteiger partial charge in [-0.2, -0.15) is 9.97 Å². The van der Waals surface area contributed by atoms with E-state index in [1.165, 1.54) is 0 Å². The van der Waals surface area contributed by atoms with E-state index in [-0.39, 0.29) is 35.3 Å². The summed E-state index contributed by atoms with van der Waals surface area (Å²) < 4.78 is 23.1. The minimum atomic E-state index is -1.37. The first-order valence-electron chi connectivity index (χ1n) is 7.31. The van der Waals surface area contributed by atoms with E-state index >= 15 is 0 Å². The van der Waals surface area contributed by atoms with Gasteiger partial charge in [0, 0.05) is 34.6 Å². The van der Waals surface area contributed by atoms with E-state index < -0.39 is 11.2 Å². The Morgan fingerprint density at radius 1 is 1.16 bits per heavy atom. The van der Waals surface area contributed by atoms with Gasteiger partial charge >= 0.3 is 34.7 Å². The van der Waals surface area contributed by atoms with Gasteiger partial charge in [-0.1, -0.05) is 0 Å². The number of aromatic nitrogens is 4. The van der Waals surface area contributed by atoms with E-state index in [0.717, 1.165) is 22.6 Å². The third-order valence-electron chi connectivity index (χ3n) is 3.74. The van der Waals surface area contributed by atoms with Crippen LogP contribution in [-0.4, -0.2) is 68.3 Å².